The zero-order valence-corrected chi connectivity index (χ0v) is 16.1. The fourth-order valence-electron chi connectivity index (χ4n) is 4.43. The zero-order valence-electron chi connectivity index (χ0n) is 15.3. The number of rotatable bonds is 3. The maximum Gasteiger partial charge on any atom is 0.255 e. The number of halogens is 1. The summed E-state index contributed by atoms with van der Waals surface area (Å²) in [5.41, 5.74) is 9.26. The molecule has 3 rings (SSSR count). The van der Waals surface area contributed by atoms with Gasteiger partial charge in [0.25, 0.3) is 5.91 Å². The Morgan fingerprint density at radius 3 is 2.54 bits per heavy atom. The maximum atomic E-state index is 13.0. The molecule has 2 aliphatic rings. The molecule has 1 aromatic heterocycles. The molecule has 0 radical (unpaired) electrons. The number of amides is 1. The highest BCUT2D eigenvalue weighted by molar-refractivity contribution is 5.96. The number of carbonyl (C=O) groups is 1. The third-order valence-electron chi connectivity index (χ3n) is 5.99. The second-order valence-corrected chi connectivity index (χ2v) is 7.94. The summed E-state index contributed by atoms with van der Waals surface area (Å²) in [5, 5.41) is 0. The molecule has 136 valence electrons. The molecule has 1 atom stereocenters. The van der Waals surface area contributed by atoms with Crippen molar-refractivity contribution in [1.29, 1.82) is 0 Å². The van der Waals surface area contributed by atoms with Gasteiger partial charge in [-0.05, 0) is 51.1 Å². The van der Waals surface area contributed by atoms with Crippen LogP contribution in [-0.2, 0) is 0 Å². The molecule has 1 aromatic rings. The molecule has 0 spiro atoms. The Kier molecular flexibility index (Phi) is 6.03. The van der Waals surface area contributed by atoms with Gasteiger partial charge in [0.15, 0.2) is 0 Å². The van der Waals surface area contributed by atoms with Gasteiger partial charge in [0, 0.05) is 30.5 Å². The van der Waals surface area contributed by atoms with Crippen LogP contribution in [0.1, 0.15) is 73.2 Å². The molecule has 1 saturated heterocycles. The van der Waals surface area contributed by atoms with Crippen molar-refractivity contribution in [3.63, 3.8) is 0 Å². The van der Waals surface area contributed by atoms with Crippen LogP contribution in [0.3, 0.4) is 0 Å². The maximum absolute atomic E-state index is 13.0. The summed E-state index contributed by atoms with van der Waals surface area (Å²) in [7, 11) is 0. The normalized spacial score (nSPS) is 24.9. The summed E-state index contributed by atoms with van der Waals surface area (Å²) in [6.45, 7) is 8.72. The molecule has 0 aromatic carbocycles. The van der Waals surface area contributed by atoms with Gasteiger partial charge in [-0.3, -0.25) is 4.79 Å². The lowest BCUT2D eigenvalue weighted by Gasteiger charge is -2.27. The van der Waals surface area contributed by atoms with E-state index >= 15 is 0 Å². The van der Waals surface area contributed by atoms with Crippen LogP contribution in [0.2, 0.25) is 0 Å². The molecule has 24 heavy (non-hydrogen) atoms. The minimum atomic E-state index is 0. The molecule has 2 fully saturated rings. The number of nitrogens with zero attached hydrogens (tertiary/aromatic N) is 2. The first-order valence-corrected chi connectivity index (χ1v) is 9.13. The Bertz CT molecular complexity index is 592. The topological polar surface area (TPSA) is 51.3 Å². The van der Waals surface area contributed by atoms with Gasteiger partial charge >= 0.3 is 0 Å². The highest BCUT2D eigenvalue weighted by atomic mass is 35.5. The average molecular weight is 354 g/mol. The average Bonchev–Trinajstić information content (AvgIpc) is 3.09. The fourth-order valence-corrected chi connectivity index (χ4v) is 4.43. The Hall–Kier alpha value is -1.000. The minimum absolute atomic E-state index is 0. The van der Waals surface area contributed by atoms with Gasteiger partial charge in [0.05, 0.1) is 5.56 Å². The van der Waals surface area contributed by atoms with Crippen molar-refractivity contribution in [2.24, 2.45) is 11.1 Å². The van der Waals surface area contributed by atoms with E-state index in [1.807, 2.05) is 4.90 Å². The van der Waals surface area contributed by atoms with Crippen LogP contribution < -0.4 is 5.73 Å². The lowest BCUT2D eigenvalue weighted by Crippen LogP contribution is -2.34. The number of hydrogen-bond acceptors (Lipinski definition) is 2. The third kappa shape index (κ3) is 3.50. The summed E-state index contributed by atoms with van der Waals surface area (Å²) < 4.78 is 2.42. The molecule has 1 amide bonds. The number of nitrogens with two attached hydrogens (primary N) is 1. The van der Waals surface area contributed by atoms with Crippen LogP contribution in [-0.4, -0.2) is 35.0 Å². The largest absolute Gasteiger partial charge is 0.345 e. The number of aromatic nitrogens is 1. The van der Waals surface area contributed by atoms with Crippen molar-refractivity contribution >= 4 is 18.3 Å². The molecule has 1 saturated carbocycles. The van der Waals surface area contributed by atoms with E-state index < -0.39 is 0 Å². The monoisotopic (exact) mass is 353 g/mol. The Morgan fingerprint density at radius 1 is 1.29 bits per heavy atom. The predicted octanol–water partition coefficient (Wildman–Crippen LogP) is 3.84. The van der Waals surface area contributed by atoms with E-state index in [1.165, 1.54) is 37.8 Å². The second-order valence-electron chi connectivity index (χ2n) is 7.94. The van der Waals surface area contributed by atoms with Crippen LogP contribution in [0.15, 0.2) is 6.07 Å². The van der Waals surface area contributed by atoms with Crippen LogP contribution in [0.4, 0.5) is 0 Å². The number of carbonyl (C=O) groups excluding carboxylic acids is 1. The standard InChI is InChI=1S/C19H31N3O.ClH/c1-14-11-17(15(2)22(14)16-7-5-4-6-8-16)18(23)21-10-9-19(3,12-20)13-21;/h11,16H,4-10,12-13,20H2,1-3H3;1H. The van der Waals surface area contributed by atoms with Crippen molar-refractivity contribution in [3.05, 3.63) is 23.0 Å². The molecule has 2 N–H and O–H groups in total. The van der Waals surface area contributed by atoms with E-state index in [0.717, 1.165) is 30.8 Å². The van der Waals surface area contributed by atoms with E-state index in [9.17, 15) is 4.79 Å². The van der Waals surface area contributed by atoms with Crippen molar-refractivity contribution < 1.29 is 4.79 Å². The summed E-state index contributed by atoms with van der Waals surface area (Å²) in [4.78, 5) is 15.0. The first kappa shape index (κ1) is 19.3. The summed E-state index contributed by atoms with van der Waals surface area (Å²) in [6.07, 6.45) is 7.49. The van der Waals surface area contributed by atoms with E-state index in [-0.39, 0.29) is 23.7 Å². The Balaban J connectivity index is 0.00000208. The van der Waals surface area contributed by atoms with Gasteiger partial charge in [-0.1, -0.05) is 26.2 Å². The van der Waals surface area contributed by atoms with Gasteiger partial charge in [-0.2, -0.15) is 0 Å². The number of aryl methyl sites for hydroxylation is 1. The lowest BCUT2D eigenvalue weighted by atomic mass is 9.90. The molecule has 1 aliphatic heterocycles. The predicted molar refractivity (Wildman–Crippen MR) is 101 cm³/mol. The first-order chi connectivity index (χ1) is 10.9. The van der Waals surface area contributed by atoms with Gasteiger partial charge < -0.3 is 15.2 Å². The quantitative estimate of drug-likeness (QED) is 0.897. The Labute approximate surface area is 152 Å². The second kappa shape index (κ2) is 7.49. The van der Waals surface area contributed by atoms with E-state index in [2.05, 4.69) is 31.4 Å². The van der Waals surface area contributed by atoms with E-state index in [4.69, 9.17) is 5.73 Å². The molecular formula is C19H32ClN3O. The first-order valence-electron chi connectivity index (χ1n) is 9.13. The van der Waals surface area contributed by atoms with Crippen LogP contribution in [0.5, 0.6) is 0 Å². The van der Waals surface area contributed by atoms with Gasteiger partial charge in [-0.15, -0.1) is 12.4 Å². The van der Waals surface area contributed by atoms with Crippen molar-refractivity contribution in [2.75, 3.05) is 19.6 Å². The summed E-state index contributed by atoms with van der Waals surface area (Å²) in [5.74, 6) is 0.192. The number of likely N-dealkylation sites (tertiary alicyclic amines) is 1. The van der Waals surface area contributed by atoms with Crippen molar-refractivity contribution in [3.8, 4) is 0 Å². The molecule has 1 unspecified atom stereocenters. The Morgan fingerprint density at radius 2 is 1.96 bits per heavy atom. The number of hydrogen-bond donors (Lipinski definition) is 1. The fraction of sp³-hybridized carbons (Fsp3) is 0.737. The van der Waals surface area contributed by atoms with E-state index in [1.54, 1.807) is 0 Å². The molecule has 5 heteroatoms. The van der Waals surface area contributed by atoms with Crippen molar-refractivity contribution in [1.82, 2.24) is 9.47 Å². The summed E-state index contributed by atoms with van der Waals surface area (Å²) >= 11 is 0. The van der Waals surface area contributed by atoms with Crippen LogP contribution in [0, 0.1) is 19.3 Å². The molecular weight excluding hydrogens is 322 g/mol. The smallest absolute Gasteiger partial charge is 0.255 e. The van der Waals surface area contributed by atoms with Gasteiger partial charge in [-0.25, -0.2) is 0 Å². The highest BCUT2D eigenvalue weighted by Gasteiger charge is 2.36. The summed E-state index contributed by atoms with van der Waals surface area (Å²) in [6, 6.07) is 2.68. The third-order valence-corrected chi connectivity index (χ3v) is 5.99. The van der Waals surface area contributed by atoms with Crippen molar-refractivity contribution in [2.45, 2.75) is 65.3 Å². The molecule has 4 nitrogen and oxygen atoms in total. The van der Waals surface area contributed by atoms with Crippen LogP contribution in [0.25, 0.3) is 0 Å². The minimum Gasteiger partial charge on any atom is -0.345 e. The van der Waals surface area contributed by atoms with E-state index in [0.29, 0.717) is 12.6 Å². The molecule has 1 aliphatic carbocycles. The lowest BCUT2D eigenvalue weighted by molar-refractivity contribution is 0.0776. The zero-order chi connectivity index (χ0) is 16.6. The van der Waals surface area contributed by atoms with Crippen LogP contribution >= 0.6 is 12.4 Å². The molecule has 2 heterocycles. The molecule has 0 bridgehead atoms. The SMILES string of the molecule is Cc1cc(C(=O)N2CCC(C)(CN)C2)c(C)n1C1CCCCC1.Cl. The van der Waals surface area contributed by atoms with Gasteiger partial charge in [0.1, 0.15) is 0 Å². The van der Waals surface area contributed by atoms with Gasteiger partial charge in [0.2, 0.25) is 0 Å². The highest BCUT2D eigenvalue weighted by Crippen LogP contribution is 2.34.